The lowest BCUT2D eigenvalue weighted by Gasteiger charge is -2.32. The summed E-state index contributed by atoms with van der Waals surface area (Å²) >= 11 is 0. The van der Waals surface area contributed by atoms with Crippen LogP contribution in [0, 0.1) is 0 Å². The number of hydrogen-bond acceptors (Lipinski definition) is 6. The fourth-order valence-electron chi connectivity index (χ4n) is 4.24. The van der Waals surface area contributed by atoms with Gasteiger partial charge in [-0.05, 0) is 43.2 Å². The van der Waals surface area contributed by atoms with Crippen molar-refractivity contribution in [3.8, 4) is 11.5 Å². The Morgan fingerprint density at radius 1 is 0.938 bits per heavy atom. The van der Waals surface area contributed by atoms with Crippen LogP contribution in [0.1, 0.15) is 43.9 Å². The zero-order valence-electron chi connectivity index (χ0n) is 17.2. The molecular weight excluding hydrogens is 414 g/mol. The van der Waals surface area contributed by atoms with Crippen molar-refractivity contribution in [3.63, 3.8) is 0 Å². The summed E-state index contributed by atoms with van der Waals surface area (Å²) in [4.78, 5) is 52.8. The third-order valence-corrected chi connectivity index (χ3v) is 5.95. The highest BCUT2D eigenvalue weighted by Gasteiger charge is 2.36. The van der Waals surface area contributed by atoms with Crippen molar-refractivity contribution in [1.82, 2.24) is 15.1 Å². The van der Waals surface area contributed by atoms with Crippen molar-refractivity contribution >= 4 is 23.6 Å². The highest BCUT2D eigenvalue weighted by Crippen LogP contribution is 2.33. The van der Waals surface area contributed by atoms with E-state index in [1.54, 1.807) is 47.4 Å². The average Bonchev–Trinajstić information content (AvgIpc) is 3.38. The quantitative estimate of drug-likeness (QED) is 0.729. The molecule has 32 heavy (non-hydrogen) atoms. The molecule has 4 amide bonds. The van der Waals surface area contributed by atoms with Crippen LogP contribution in [0.25, 0.3) is 0 Å². The highest BCUT2D eigenvalue weighted by atomic mass is 16.7. The first-order chi connectivity index (χ1) is 15.5. The van der Waals surface area contributed by atoms with E-state index in [4.69, 9.17) is 9.47 Å². The van der Waals surface area contributed by atoms with Crippen molar-refractivity contribution in [2.75, 3.05) is 26.4 Å². The van der Waals surface area contributed by atoms with Gasteiger partial charge < -0.3 is 19.7 Å². The van der Waals surface area contributed by atoms with E-state index in [-0.39, 0.29) is 31.2 Å². The van der Waals surface area contributed by atoms with Gasteiger partial charge in [0.2, 0.25) is 12.7 Å². The molecule has 0 bridgehead atoms. The summed E-state index contributed by atoms with van der Waals surface area (Å²) in [5.41, 5.74) is 1.17. The Labute approximate surface area is 183 Å². The van der Waals surface area contributed by atoms with Crippen LogP contribution >= 0.6 is 0 Å². The number of fused-ring (bicyclic) bond motifs is 2. The first-order valence-electron chi connectivity index (χ1n) is 10.4. The Balaban J connectivity index is 1.14. The first-order valence-corrected chi connectivity index (χ1v) is 10.4. The summed E-state index contributed by atoms with van der Waals surface area (Å²) in [7, 11) is 0. The number of nitrogens with one attached hydrogen (secondary N) is 1. The molecule has 0 atom stereocenters. The second-order valence-electron chi connectivity index (χ2n) is 7.94. The number of hydrogen-bond donors (Lipinski definition) is 1. The lowest BCUT2D eigenvalue weighted by molar-refractivity contribution is -0.122. The predicted molar refractivity (Wildman–Crippen MR) is 111 cm³/mol. The van der Waals surface area contributed by atoms with Crippen molar-refractivity contribution in [2.24, 2.45) is 0 Å². The Bertz CT molecular complexity index is 1090. The monoisotopic (exact) mass is 435 g/mol. The van der Waals surface area contributed by atoms with Gasteiger partial charge in [0.25, 0.3) is 17.7 Å². The van der Waals surface area contributed by atoms with E-state index in [0.29, 0.717) is 54.1 Å². The van der Waals surface area contributed by atoms with Crippen LogP contribution in [0.3, 0.4) is 0 Å². The maximum atomic E-state index is 12.8. The number of carbonyl (C=O) groups is 4. The molecule has 0 aliphatic carbocycles. The van der Waals surface area contributed by atoms with E-state index in [9.17, 15) is 19.2 Å². The lowest BCUT2D eigenvalue weighted by Crippen LogP contribution is -2.49. The molecule has 5 rings (SSSR count). The summed E-state index contributed by atoms with van der Waals surface area (Å²) in [5.74, 6) is -0.207. The van der Waals surface area contributed by atoms with Crippen LogP contribution in [-0.4, -0.2) is 65.9 Å². The largest absolute Gasteiger partial charge is 0.454 e. The molecule has 0 unspecified atom stereocenters. The van der Waals surface area contributed by atoms with E-state index in [2.05, 4.69) is 5.32 Å². The number of rotatable bonds is 4. The second-order valence-corrected chi connectivity index (χ2v) is 7.94. The number of carbonyl (C=O) groups excluding carboxylic acids is 4. The van der Waals surface area contributed by atoms with E-state index >= 15 is 0 Å². The predicted octanol–water partition coefficient (Wildman–Crippen LogP) is 1.43. The van der Waals surface area contributed by atoms with Crippen LogP contribution < -0.4 is 14.8 Å². The van der Waals surface area contributed by atoms with Gasteiger partial charge in [0.1, 0.15) is 6.54 Å². The van der Waals surface area contributed by atoms with Crippen LogP contribution in [0.5, 0.6) is 11.5 Å². The molecule has 9 nitrogen and oxygen atoms in total. The Hall–Kier alpha value is -3.88. The van der Waals surface area contributed by atoms with Crippen molar-refractivity contribution in [3.05, 3.63) is 59.2 Å². The van der Waals surface area contributed by atoms with Gasteiger partial charge in [0.15, 0.2) is 11.5 Å². The minimum absolute atomic E-state index is 0.0981. The molecule has 1 fully saturated rings. The highest BCUT2D eigenvalue weighted by molar-refractivity contribution is 6.22. The molecule has 1 N–H and O–H groups in total. The molecule has 0 aromatic heterocycles. The Morgan fingerprint density at radius 3 is 2.28 bits per heavy atom. The van der Waals surface area contributed by atoms with Gasteiger partial charge in [0.05, 0.1) is 11.1 Å². The zero-order chi connectivity index (χ0) is 22.2. The Kier molecular flexibility index (Phi) is 5.01. The molecule has 3 aliphatic heterocycles. The van der Waals surface area contributed by atoms with Gasteiger partial charge in [0, 0.05) is 24.7 Å². The maximum Gasteiger partial charge on any atom is 0.262 e. The van der Waals surface area contributed by atoms with Gasteiger partial charge in [-0.1, -0.05) is 12.1 Å². The first kappa shape index (κ1) is 20.0. The molecule has 1 saturated heterocycles. The standard InChI is InChI=1S/C23H21N3O6/c27-20(12-26-22(29)16-3-1-2-4-17(16)23(26)30)24-15-7-9-25(10-8-15)21(28)14-5-6-18-19(11-14)32-13-31-18/h1-6,11,15H,7-10,12-13H2,(H,24,27). The van der Waals surface area contributed by atoms with Crippen LogP contribution in [0.2, 0.25) is 0 Å². The number of nitrogens with zero attached hydrogens (tertiary/aromatic N) is 2. The minimum Gasteiger partial charge on any atom is -0.454 e. The topological polar surface area (TPSA) is 105 Å². The zero-order valence-corrected chi connectivity index (χ0v) is 17.2. The van der Waals surface area contributed by atoms with Crippen LogP contribution in [0.15, 0.2) is 42.5 Å². The van der Waals surface area contributed by atoms with E-state index < -0.39 is 11.8 Å². The van der Waals surface area contributed by atoms with Gasteiger partial charge >= 0.3 is 0 Å². The van der Waals surface area contributed by atoms with Gasteiger partial charge in [-0.25, -0.2) is 0 Å². The number of ether oxygens (including phenoxy) is 2. The molecule has 3 heterocycles. The smallest absolute Gasteiger partial charge is 0.262 e. The average molecular weight is 435 g/mol. The van der Waals surface area contributed by atoms with Crippen molar-refractivity contribution in [1.29, 1.82) is 0 Å². The van der Waals surface area contributed by atoms with Crippen molar-refractivity contribution < 1.29 is 28.7 Å². The summed E-state index contributed by atoms with van der Waals surface area (Å²) in [6, 6.07) is 11.5. The number of piperidine rings is 1. The van der Waals surface area contributed by atoms with Gasteiger partial charge in [-0.2, -0.15) is 0 Å². The summed E-state index contributed by atoms with van der Waals surface area (Å²) in [6.45, 7) is 0.817. The SMILES string of the molecule is O=C(CN1C(=O)c2ccccc2C1=O)NC1CCN(C(=O)c2ccc3c(c2)OCO3)CC1. The molecule has 0 spiro atoms. The Morgan fingerprint density at radius 2 is 1.59 bits per heavy atom. The summed E-state index contributed by atoms with van der Waals surface area (Å²) in [6.07, 6.45) is 1.17. The van der Waals surface area contributed by atoms with Crippen molar-refractivity contribution in [2.45, 2.75) is 18.9 Å². The number of benzene rings is 2. The lowest BCUT2D eigenvalue weighted by atomic mass is 10.0. The molecule has 9 heteroatoms. The van der Waals surface area contributed by atoms with Crippen LogP contribution in [-0.2, 0) is 4.79 Å². The molecule has 164 valence electrons. The minimum atomic E-state index is -0.454. The second kappa shape index (κ2) is 7.99. The third kappa shape index (κ3) is 3.55. The summed E-state index contributed by atoms with van der Waals surface area (Å²) in [5, 5.41) is 2.89. The molecule has 0 saturated carbocycles. The maximum absolute atomic E-state index is 12.8. The number of likely N-dealkylation sites (tertiary alicyclic amines) is 1. The molecule has 3 aliphatic rings. The van der Waals surface area contributed by atoms with Gasteiger partial charge in [-0.3, -0.25) is 24.1 Å². The van der Waals surface area contributed by atoms with E-state index in [0.717, 1.165) is 4.90 Å². The normalized spacial score (nSPS) is 17.5. The molecule has 2 aromatic carbocycles. The van der Waals surface area contributed by atoms with E-state index in [1.165, 1.54) is 0 Å². The fraction of sp³-hybridized carbons (Fsp3) is 0.304. The van der Waals surface area contributed by atoms with E-state index in [1.807, 2.05) is 0 Å². The van der Waals surface area contributed by atoms with Crippen LogP contribution in [0.4, 0.5) is 0 Å². The molecule has 0 radical (unpaired) electrons. The fourth-order valence-corrected chi connectivity index (χ4v) is 4.24. The molecule has 2 aromatic rings. The third-order valence-electron chi connectivity index (χ3n) is 5.95. The number of amides is 4. The summed E-state index contributed by atoms with van der Waals surface area (Å²) < 4.78 is 10.6. The van der Waals surface area contributed by atoms with Gasteiger partial charge in [-0.15, -0.1) is 0 Å². The number of imide groups is 1. The molecular formula is C23H21N3O6.